The van der Waals surface area contributed by atoms with E-state index in [1.807, 2.05) is 12.1 Å². The van der Waals surface area contributed by atoms with Crippen LogP contribution in [0.25, 0.3) is 33.9 Å². The number of nitrogens with zero attached hydrogens (tertiary/aromatic N) is 1. The van der Waals surface area contributed by atoms with Crippen molar-refractivity contribution >= 4 is 22.9 Å². The lowest BCUT2D eigenvalue weighted by Gasteiger charge is -2.05. The quantitative estimate of drug-likeness (QED) is 0.398. The maximum atomic E-state index is 12.5. The van der Waals surface area contributed by atoms with Crippen molar-refractivity contribution in [3.05, 3.63) is 60.9 Å². The second-order valence-electron chi connectivity index (χ2n) is 5.25. The summed E-state index contributed by atoms with van der Waals surface area (Å²) in [5, 5.41) is 0. The van der Waals surface area contributed by atoms with Gasteiger partial charge in [-0.05, 0) is 60.3 Å². The number of benzene rings is 2. The molecule has 0 radical (unpaired) electrons. The highest BCUT2D eigenvalue weighted by Crippen LogP contribution is 2.38. The predicted molar refractivity (Wildman–Crippen MR) is 89.1 cm³/mol. The lowest BCUT2D eigenvalue weighted by molar-refractivity contribution is -0.0328. The fourth-order valence-electron chi connectivity index (χ4n) is 2.47. The maximum absolute atomic E-state index is 12.5. The van der Waals surface area contributed by atoms with Gasteiger partial charge in [-0.3, -0.25) is 0 Å². The number of aromatic nitrogens is 1. The van der Waals surface area contributed by atoms with Crippen LogP contribution >= 0.6 is 11.8 Å². The molecule has 0 aliphatic rings. The number of alkyl halides is 3. The Bertz CT molecular complexity index is 1020. The van der Waals surface area contributed by atoms with Crippen molar-refractivity contribution in [1.82, 2.24) is 4.98 Å². The van der Waals surface area contributed by atoms with Crippen molar-refractivity contribution < 1.29 is 22.0 Å². The van der Waals surface area contributed by atoms with Gasteiger partial charge in [0.05, 0.1) is 6.26 Å². The minimum atomic E-state index is -4.34. The Morgan fingerprint density at radius 3 is 2.56 bits per heavy atom. The van der Waals surface area contributed by atoms with E-state index < -0.39 is 5.51 Å². The number of fused-ring (bicyclic) bond motifs is 1. The van der Waals surface area contributed by atoms with E-state index in [0.717, 1.165) is 5.56 Å². The minimum Gasteiger partial charge on any atom is -0.464 e. The van der Waals surface area contributed by atoms with Crippen LogP contribution in [0.15, 0.2) is 74.6 Å². The van der Waals surface area contributed by atoms with Gasteiger partial charge in [0.15, 0.2) is 5.58 Å². The zero-order valence-electron chi connectivity index (χ0n) is 12.6. The third kappa shape index (κ3) is 3.41. The highest BCUT2D eigenvalue weighted by molar-refractivity contribution is 8.00. The van der Waals surface area contributed by atoms with Gasteiger partial charge in [0, 0.05) is 16.0 Å². The molecule has 0 aliphatic carbocycles. The van der Waals surface area contributed by atoms with E-state index >= 15 is 0 Å². The average molecular weight is 361 g/mol. The molecule has 4 aromatic rings. The van der Waals surface area contributed by atoms with Gasteiger partial charge in [0.2, 0.25) is 5.89 Å². The summed E-state index contributed by atoms with van der Waals surface area (Å²) in [6.07, 6.45) is 1.58. The van der Waals surface area contributed by atoms with Gasteiger partial charge in [-0.25, -0.2) is 4.98 Å². The highest BCUT2D eigenvalue weighted by atomic mass is 32.2. The number of furan rings is 1. The van der Waals surface area contributed by atoms with Crippen LogP contribution in [0, 0.1) is 0 Å². The summed E-state index contributed by atoms with van der Waals surface area (Å²) in [5.74, 6) is 0.972. The smallest absolute Gasteiger partial charge is 0.446 e. The molecule has 0 saturated heterocycles. The van der Waals surface area contributed by atoms with Crippen LogP contribution in [-0.4, -0.2) is 10.5 Å². The van der Waals surface area contributed by atoms with Gasteiger partial charge in [0.1, 0.15) is 11.3 Å². The lowest BCUT2D eigenvalue weighted by Crippen LogP contribution is -1.98. The van der Waals surface area contributed by atoms with Crippen molar-refractivity contribution in [1.29, 1.82) is 0 Å². The van der Waals surface area contributed by atoms with E-state index in [1.165, 1.54) is 12.1 Å². The van der Waals surface area contributed by atoms with Crippen LogP contribution in [0.4, 0.5) is 13.2 Å². The second-order valence-corrected chi connectivity index (χ2v) is 6.39. The Morgan fingerprint density at radius 2 is 1.80 bits per heavy atom. The van der Waals surface area contributed by atoms with Gasteiger partial charge < -0.3 is 8.83 Å². The molecule has 0 aliphatic heterocycles. The topological polar surface area (TPSA) is 39.2 Å². The largest absolute Gasteiger partial charge is 0.464 e. The molecule has 2 heterocycles. The van der Waals surface area contributed by atoms with Gasteiger partial charge in [-0.15, -0.1) is 0 Å². The lowest BCUT2D eigenvalue weighted by atomic mass is 10.1. The van der Waals surface area contributed by atoms with E-state index in [9.17, 15) is 13.2 Å². The summed E-state index contributed by atoms with van der Waals surface area (Å²) in [4.78, 5) is 4.44. The molecule has 4 rings (SSSR count). The standard InChI is InChI=1S/C18H10F3NO2S/c19-18(20,21)25-13-4-1-3-12(9-13)17-22-14-7-6-11(10-16(14)24-17)15-5-2-8-23-15/h1-10H. The third-order valence-corrected chi connectivity index (χ3v) is 4.23. The van der Waals surface area contributed by atoms with Crippen LogP contribution in [0.2, 0.25) is 0 Å². The normalized spacial score (nSPS) is 12.0. The molecule has 3 nitrogen and oxygen atoms in total. The minimum absolute atomic E-state index is 0.0866. The molecule has 0 spiro atoms. The van der Waals surface area contributed by atoms with Gasteiger partial charge in [-0.2, -0.15) is 13.2 Å². The molecule has 2 aromatic heterocycles. The van der Waals surface area contributed by atoms with Gasteiger partial charge >= 0.3 is 5.51 Å². The number of halogens is 3. The highest BCUT2D eigenvalue weighted by Gasteiger charge is 2.29. The van der Waals surface area contributed by atoms with Gasteiger partial charge in [0.25, 0.3) is 0 Å². The number of thioether (sulfide) groups is 1. The molecule has 0 atom stereocenters. The third-order valence-electron chi connectivity index (χ3n) is 3.51. The molecular formula is C18H10F3NO2S. The molecule has 0 fully saturated rings. The van der Waals surface area contributed by atoms with Crippen LogP contribution in [0.5, 0.6) is 0 Å². The van der Waals surface area contributed by atoms with Crippen LogP contribution in [0.3, 0.4) is 0 Å². The SMILES string of the molecule is FC(F)(F)Sc1cccc(-c2nc3ccc(-c4ccco4)cc3o2)c1. The van der Waals surface area contributed by atoms with E-state index in [2.05, 4.69) is 4.98 Å². The molecule has 0 N–H and O–H groups in total. The molecule has 126 valence electrons. The summed E-state index contributed by atoms with van der Waals surface area (Å²) < 4.78 is 48.7. The van der Waals surface area contributed by atoms with E-state index in [0.29, 0.717) is 22.4 Å². The van der Waals surface area contributed by atoms with Gasteiger partial charge in [-0.1, -0.05) is 6.07 Å². The van der Waals surface area contributed by atoms with Crippen LogP contribution < -0.4 is 0 Å². The first kappa shape index (κ1) is 15.8. The van der Waals surface area contributed by atoms with Crippen molar-refractivity contribution in [2.75, 3.05) is 0 Å². The van der Waals surface area contributed by atoms with Crippen molar-refractivity contribution in [3.63, 3.8) is 0 Å². The first-order chi connectivity index (χ1) is 12.0. The fraction of sp³-hybridized carbons (Fsp3) is 0.0556. The summed E-state index contributed by atoms with van der Waals surface area (Å²) >= 11 is -0.165. The Morgan fingerprint density at radius 1 is 0.920 bits per heavy atom. The first-order valence-corrected chi connectivity index (χ1v) is 8.10. The Kier molecular flexibility index (Phi) is 3.80. The van der Waals surface area contributed by atoms with Crippen LogP contribution in [0.1, 0.15) is 0 Å². The second kappa shape index (κ2) is 6.00. The molecule has 0 bridgehead atoms. The molecule has 0 amide bonds. The Balaban J connectivity index is 1.71. The number of hydrogen-bond donors (Lipinski definition) is 0. The number of hydrogen-bond acceptors (Lipinski definition) is 4. The van der Waals surface area contributed by atoms with Crippen molar-refractivity contribution in [2.45, 2.75) is 10.4 Å². The first-order valence-electron chi connectivity index (χ1n) is 7.29. The number of oxazole rings is 1. The summed E-state index contributed by atoms with van der Waals surface area (Å²) in [7, 11) is 0. The summed E-state index contributed by atoms with van der Waals surface area (Å²) in [5.41, 5.74) is -1.85. The molecule has 0 unspecified atom stereocenters. The van der Waals surface area contributed by atoms with Crippen LogP contribution in [-0.2, 0) is 0 Å². The van der Waals surface area contributed by atoms with Crippen molar-refractivity contribution in [2.24, 2.45) is 0 Å². The Labute approximate surface area is 144 Å². The maximum Gasteiger partial charge on any atom is 0.446 e. The molecular weight excluding hydrogens is 351 g/mol. The van der Waals surface area contributed by atoms with E-state index in [4.69, 9.17) is 8.83 Å². The fourth-order valence-corrected chi connectivity index (χ4v) is 3.07. The monoisotopic (exact) mass is 361 g/mol. The predicted octanol–water partition coefficient (Wildman–Crippen LogP) is 6.37. The van der Waals surface area contributed by atoms with Crippen molar-refractivity contribution in [3.8, 4) is 22.8 Å². The molecule has 2 aromatic carbocycles. The summed E-state index contributed by atoms with van der Waals surface area (Å²) in [6, 6.07) is 15.1. The summed E-state index contributed by atoms with van der Waals surface area (Å²) in [6.45, 7) is 0. The van der Waals surface area contributed by atoms with E-state index in [1.54, 1.807) is 36.6 Å². The van der Waals surface area contributed by atoms with E-state index in [-0.39, 0.29) is 22.5 Å². The molecule has 0 saturated carbocycles. The zero-order chi connectivity index (χ0) is 17.4. The molecule has 25 heavy (non-hydrogen) atoms. The zero-order valence-corrected chi connectivity index (χ0v) is 13.4. The molecule has 7 heteroatoms. The average Bonchev–Trinajstić information content (AvgIpc) is 3.22. The Hall–Kier alpha value is -2.67. The number of rotatable bonds is 3.